The average molecular weight is 197 g/mol. The van der Waals surface area contributed by atoms with Crippen molar-refractivity contribution in [3.63, 3.8) is 0 Å². The molecule has 0 spiro atoms. The Morgan fingerprint density at radius 3 is 2.71 bits per heavy atom. The molecule has 0 fully saturated rings. The summed E-state index contributed by atoms with van der Waals surface area (Å²) in [5.74, 6) is -1.68. The molecule has 0 saturated heterocycles. The van der Waals surface area contributed by atoms with Crippen molar-refractivity contribution in [1.29, 1.82) is 0 Å². The summed E-state index contributed by atoms with van der Waals surface area (Å²) >= 11 is 0. The Hall–Kier alpha value is -1.52. The Morgan fingerprint density at radius 1 is 1.36 bits per heavy atom. The Bertz CT molecular complexity index is 476. The lowest BCUT2D eigenvalue weighted by atomic mass is 10.3. The van der Waals surface area contributed by atoms with Crippen LogP contribution in [-0.4, -0.2) is 14.5 Å². The van der Waals surface area contributed by atoms with Crippen molar-refractivity contribution in [3.05, 3.63) is 24.3 Å². The molecule has 0 aliphatic rings. The predicted octanol–water partition coefficient (Wildman–Crippen LogP) is 2.29. The summed E-state index contributed by atoms with van der Waals surface area (Å²) in [5.41, 5.74) is 0.546. The molecule has 0 amide bonds. The van der Waals surface area contributed by atoms with E-state index in [-0.39, 0.29) is 11.6 Å². The second kappa shape index (κ2) is 3.01. The van der Waals surface area contributed by atoms with Gasteiger partial charge in [-0.25, -0.2) is 4.98 Å². The van der Waals surface area contributed by atoms with Crippen LogP contribution in [-0.2, 0) is 0 Å². The number of rotatable bonds is 1. The summed E-state index contributed by atoms with van der Waals surface area (Å²) < 4.78 is 27.6. The van der Waals surface area contributed by atoms with E-state index in [1.807, 2.05) is 13.8 Å². The van der Waals surface area contributed by atoms with Crippen LogP contribution in [0.4, 0.5) is 8.78 Å². The zero-order valence-electron chi connectivity index (χ0n) is 7.83. The first-order valence-corrected chi connectivity index (χ1v) is 4.28. The maximum Gasteiger partial charge on any atom is 0.243 e. The van der Waals surface area contributed by atoms with Crippen LogP contribution in [0.15, 0.2) is 12.4 Å². The lowest BCUT2D eigenvalue weighted by molar-refractivity contribution is 0.519. The molecule has 0 bridgehead atoms. The van der Waals surface area contributed by atoms with Crippen LogP contribution in [0.1, 0.15) is 19.9 Å². The van der Waals surface area contributed by atoms with Crippen molar-refractivity contribution >= 4 is 11.0 Å². The fourth-order valence-electron chi connectivity index (χ4n) is 1.38. The third kappa shape index (κ3) is 1.25. The van der Waals surface area contributed by atoms with Gasteiger partial charge in [0.05, 0.1) is 11.8 Å². The van der Waals surface area contributed by atoms with E-state index in [1.54, 1.807) is 4.57 Å². The topological polar surface area (TPSA) is 30.7 Å². The second-order valence-corrected chi connectivity index (χ2v) is 3.35. The van der Waals surface area contributed by atoms with Crippen LogP contribution in [0, 0.1) is 11.9 Å². The standard InChI is InChI=1S/C9H9F2N3/c1-5(2)14-4-12-8-6(14)3-7(10)13-9(8)11/h3-5H,1-2H3. The minimum atomic E-state index is -0.862. The average Bonchev–Trinajstić information content (AvgIpc) is 2.47. The molecule has 14 heavy (non-hydrogen) atoms. The number of fused-ring (bicyclic) bond motifs is 1. The molecule has 0 unspecified atom stereocenters. The molecule has 2 aromatic rings. The number of nitrogens with zero attached hydrogens (tertiary/aromatic N) is 3. The Kier molecular flexibility index (Phi) is 1.94. The van der Waals surface area contributed by atoms with E-state index in [1.165, 1.54) is 12.4 Å². The van der Waals surface area contributed by atoms with Gasteiger partial charge in [-0.3, -0.25) is 0 Å². The highest BCUT2D eigenvalue weighted by Crippen LogP contribution is 2.19. The third-order valence-corrected chi connectivity index (χ3v) is 2.04. The number of aromatic nitrogens is 3. The predicted molar refractivity (Wildman–Crippen MR) is 47.8 cm³/mol. The highest BCUT2D eigenvalue weighted by atomic mass is 19.1. The molecule has 2 heterocycles. The van der Waals surface area contributed by atoms with Crippen LogP contribution in [0.5, 0.6) is 0 Å². The molecule has 0 atom stereocenters. The lowest BCUT2D eigenvalue weighted by Crippen LogP contribution is -1.99. The first-order chi connectivity index (χ1) is 6.59. The van der Waals surface area contributed by atoms with Crippen molar-refractivity contribution in [3.8, 4) is 0 Å². The van der Waals surface area contributed by atoms with Gasteiger partial charge in [-0.15, -0.1) is 0 Å². The van der Waals surface area contributed by atoms with Crippen LogP contribution < -0.4 is 0 Å². The largest absolute Gasteiger partial charge is 0.328 e. The summed E-state index contributed by atoms with van der Waals surface area (Å²) in [7, 11) is 0. The highest BCUT2D eigenvalue weighted by Gasteiger charge is 2.12. The molecule has 0 N–H and O–H groups in total. The number of pyridine rings is 1. The number of hydrogen-bond donors (Lipinski definition) is 0. The monoisotopic (exact) mass is 197 g/mol. The van der Waals surface area contributed by atoms with Gasteiger partial charge in [0.25, 0.3) is 0 Å². The van der Waals surface area contributed by atoms with Gasteiger partial charge in [0, 0.05) is 12.1 Å². The Labute approximate surface area is 79.4 Å². The molecular weight excluding hydrogens is 188 g/mol. The number of hydrogen-bond acceptors (Lipinski definition) is 2. The zero-order chi connectivity index (χ0) is 10.3. The third-order valence-electron chi connectivity index (χ3n) is 2.04. The number of halogens is 2. The van der Waals surface area contributed by atoms with Gasteiger partial charge < -0.3 is 4.57 Å². The second-order valence-electron chi connectivity index (χ2n) is 3.35. The van der Waals surface area contributed by atoms with E-state index < -0.39 is 11.9 Å². The molecule has 3 nitrogen and oxygen atoms in total. The normalized spacial score (nSPS) is 11.5. The summed E-state index contributed by atoms with van der Waals surface area (Å²) in [6, 6.07) is 1.30. The summed E-state index contributed by atoms with van der Waals surface area (Å²) in [6.07, 6.45) is 1.49. The van der Waals surface area contributed by atoms with E-state index in [0.29, 0.717) is 5.52 Å². The smallest absolute Gasteiger partial charge is 0.243 e. The molecule has 0 aromatic carbocycles. The van der Waals surface area contributed by atoms with E-state index >= 15 is 0 Å². The van der Waals surface area contributed by atoms with Gasteiger partial charge in [-0.1, -0.05) is 0 Å². The minimum absolute atomic E-state index is 0.111. The number of imidazole rings is 1. The fraction of sp³-hybridized carbons (Fsp3) is 0.333. The van der Waals surface area contributed by atoms with E-state index in [4.69, 9.17) is 0 Å². The van der Waals surface area contributed by atoms with Crippen molar-refractivity contribution < 1.29 is 8.78 Å². The highest BCUT2D eigenvalue weighted by molar-refractivity contribution is 5.74. The van der Waals surface area contributed by atoms with E-state index in [0.717, 1.165) is 0 Å². The molecular formula is C9H9F2N3. The molecule has 74 valence electrons. The van der Waals surface area contributed by atoms with Gasteiger partial charge in [-0.05, 0) is 13.8 Å². The van der Waals surface area contributed by atoms with Crippen LogP contribution in [0.25, 0.3) is 11.0 Å². The minimum Gasteiger partial charge on any atom is -0.328 e. The Balaban J connectivity index is 2.78. The van der Waals surface area contributed by atoms with Crippen molar-refractivity contribution in [1.82, 2.24) is 14.5 Å². The van der Waals surface area contributed by atoms with Crippen LogP contribution >= 0.6 is 0 Å². The Morgan fingerprint density at radius 2 is 2.07 bits per heavy atom. The van der Waals surface area contributed by atoms with Gasteiger partial charge in [0.15, 0.2) is 0 Å². The van der Waals surface area contributed by atoms with Crippen molar-refractivity contribution in [2.45, 2.75) is 19.9 Å². The maximum absolute atomic E-state index is 13.1. The van der Waals surface area contributed by atoms with E-state index in [2.05, 4.69) is 9.97 Å². The summed E-state index contributed by atoms with van der Waals surface area (Å²) in [4.78, 5) is 6.90. The van der Waals surface area contributed by atoms with Crippen molar-refractivity contribution in [2.75, 3.05) is 0 Å². The van der Waals surface area contributed by atoms with Crippen LogP contribution in [0.3, 0.4) is 0 Å². The fourth-order valence-corrected chi connectivity index (χ4v) is 1.38. The van der Waals surface area contributed by atoms with Crippen LogP contribution in [0.2, 0.25) is 0 Å². The molecule has 0 aliphatic heterocycles. The first-order valence-electron chi connectivity index (χ1n) is 4.28. The molecule has 0 aliphatic carbocycles. The quantitative estimate of drug-likeness (QED) is 0.656. The summed E-state index contributed by atoms with van der Waals surface area (Å²) in [6.45, 7) is 3.83. The van der Waals surface area contributed by atoms with Gasteiger partial charge in [0.1, 0.15) is 5.52 Å². The van der Waals surface area contributed by atoms with Gasteiger partial charge in [0.2, 0.25) is 11.9 Å². The SMILES string of the molecule is CC(C)n1cnc2c(F)nc(F)cc21. The molecule has 0 radical (unpaired) electrons. The van der Waals surface area contributed by atoms with Gasteiger partial charge in [-0.2, -0.15) is 13.8 Å². The molecule has 2 rings (SSSR count). The molecule has 5 heteroatoms. The maximum atomic E-state index is 13.1. The van der Waals surface area contributed by atoms with Crippen molar-refractivity contribution in [2.24, 2.45) is 0 Å². The molecule has 0 saturated carbocycles. The first kappa shape index (κ1) is 9.05. The summed E-state index contributed by atoms with van der Waals surface area (Å²) in [5, 5.41) is 0. The van der Waals surface area contributed by atoms with E-state index in [9.17, 15) is 8.78 Å². The molecule has 2 aromatic heterocycles. The zero-order valence-corrected chi connectivity index (χ0v) is 7.83. The lowest BCUT2D eigenvalue weighted by Gasteiger charge is -2.07. The van der Waals surface area contributed by atoms with Gasteiger partial charge >= 0.3 is 0 Å².